The first kappa shape index (κ1) is 23.8. The van der Waals surface area contributed by atoms with Crippen LogP contribution in [0.4, 0.5) is 5.69 Å². The number of thioether (sulfide) groups is 1. The summed E-state index contributed by atoms with van der Waals surface area (Å²) in [6, 6.07) is 4.95. The maximum absolute atomic E-state index is 13.5. The summed E-state index contributed by atoms with van der Waals surface area (Å²) in [5.74, 6) is 1.87. The van der Waals surface area contributed by atoms with Gasteiger partial charge in [0.1, 0.15) is 0 Å². The molecule has 0 radical (unpaired) electrons. The second-order valence-corrected chi connectivity index (χ2v) is 12.2. The highest BCUT2D eigenvalue weighted by atomic mass is 32.2. The Morgan fingerprint density at radius 2 is 1.91 bits per heavy atom. The van der Waals surface area contributed by atoms with Crippen molar-refractivity contribution in [2.45, 2.75) is 29.7 Å². The van der Waals surface area contributed by atoms with E-state index in [1.54, 1.807) is 18.2 Å². The van der Waals surface area contributed by atoms with Gasteiger partial charge in [-0.25, -0.2) is 12.7 Å². The van der Waals surface area contributed by atoms with Crippen LogP contribution in [-0.2, 0) is 14.8 Å². The summed E-state index contributed by atoms with van der Waals surface area (Å²) in [5, 5.41) is 3.18. The molecule has 3 saturated heterocycles. The number of carbonyl (C=O) groups excluding carboxylic acids is 1. The number of rotatable bonds is 7. The van der Waals surface area contributed by atoms with Gasteiger partial charge >= 0.3 is 0 Å². The zero-order valence-electron chi connectivity index (χ0n) is 19.0. The minimum absolute atomic E-state index is 0.0642. The molecule has 178 valence electrons. The summed E-state index contributed by atoms with van der Waals surface area (Å²) in [4.78, 5) is 18.3. The van der Waals surface area contributed by atoms with E-state index in [-0.39, 0.29) is 16.3 Å². The summed E-state index contributed by atoms with van der Waals surface area (Å²) < 4.78 is 32.2. The Labute approximate surface area is 195 Å². The molecule has 0 saturated carbocycles. The molecule has 0 aliphatic carbocycles. The Balaban J connectivity index is 1.59. The van der Waals surface area contributed by atoms with E-state index in [0.717, 1.165) is 75.8 Å². The summed E-state index contributed by atoms with van der Waals surface area (Å²) >= 11 is 1.93. The predicted octanol–water partition coefficient (Wildman–Crippen LogP) is 1.47. The lowest BCUT2D eigenvalue weighted by molar-refractivity contribution is -0.0129. The van der Waals surface area contributed by atoms with Crippen LogP contribution in [-0.4, -0.2) is 101 Å². The Hall–Kier alpha value is -1.33. The third-order valence-corrected chi connectivity index (χ3v) is 9.83. The van der Waals surface area contributed by atoms with Crippen LogP contribution in [0, 0.1) is 0 Å². The molecule has 1 N–H and O–H groups in total. The highest BCUT2D eigenvalue weighted by molar-refractivity contribution is 7.99. The lowest BCUT2D eigenvalue weighted by Crippen LogP contribution is -2.59. The Morgan fingerprint density at radius 1 is 1.19 bits per heavy atom. The van der Waals surface area contributed by atoms with Gasteiger partial charge in [0.25, 0.3) is 5.91 Å². The van der Waals surface area contributed by atoms with Crippen molar-refractivity contribution in [3.63, 3.8) is 0 Å². The van der Waals surface area contributed by atoms with E-state index in [2.05, 4.69) is 15.1 Å². The van der Waals surface area contributed by atoms with E-state index in [9.17, 15) is 13.2 Å². The van der Waals surface area contributed by atoms with Crippen molar-refractivity contribution in [3.8, 4) is 0 Å². The summed E-state index contributed by atoms with van der Waals surface area (Å²) in [6.45, 7) is 5.54. The Morgan fingerprint density at radius 3 is 2.53 bits per heavy atom. The molecule has 3 aliphatic heterocycles. The third kappa shape index (κ3) is 4.79. The van der Waals surface area contributed by atoms with Crippen molar-refractivity contribution in [1.29, 1.82) is 0 Å². The van der Waals surface area contributed by atoms with Crippen LogP contribution in [0.5, 0.6) is 0 Å². The van der Waals surface area contributed by atoms with Gasteiger partial charge in [0.15, 0.2) is 0 Å². The van der Waals surface area contributed by atoms with Crippen LogP contribution in [0.15, 0.2) is 23.1 Å². The highest BCUT2D eigenvalue weighted by Gasteiger charge is 2.41. The molecule has 0 bridgehead atoms. The molecule has 8 nitrogen and oxygen atoms in total. The number of morpholine rings is 1. The van der Waals surface area contributed by atoms with Crippen molar-refractivity contribution in [1.82, 2.24) is 14.5 Å². The van der Waals surface area contributed by atoms with Gasteiger partial charge < -0.3 is 15.0 Å². The minimum atomic E-state index is -3.62. The van der Waals surface area contributed by atoms with Gasteiger partial charge in [0.2, 0.25) is 10.0 Å². The number of hydrogen-bond acceptors (Lipinski definition) is 7. The van der Waals surface area contributed by atoms with Crippen molar-refractivity contribution in [2.75, 3.05) is 76.4 Å². The van der Waals surface area contributed by atoms with E-state index < -0.39 is 10.0 Å². The molecule has 3 fully saturated rings. The summed E-state index contributed by atoms with van der Waals surface area (Å²) in [7, 11) is -0.609. The smallest absolute Gasteiger partial charge is 0.253 e. The van der Waals surface area contributed by atoms with Crippen molar-refractivity contribution in [3.05, 3.63) is 23.8 Å². The molecule has 32 heavy (non-hydrogen) atoms. The first-order chi connectivity index (χ1) is 15.3. The van der Waals surface area contributed by atoms with Gasteiger partial charge in [-0.2, -0.15) is 11.8 Å². The fourth-order valence-electron chi connectivity index (χ4n) is 4.78. The number of nitrogens with zero attached hydrogens (tertiary/aromatic N) is 3. The van der Waals surface area contributed by atoms with Gasteiger partial charge in [-0.3, -0.25) is 9.69 Å². The standard InChI is InChI=1S/C22H34N4O4S2/c1-24(2)32(28,29)18-5-6-20(25-8-3-4-9-25)19(15-18)21(27)23-16-22(7-14-31-17-22)26-10-12-30-13-11-26/h5-6,15H,3-4,7-14,16-17H2,1-2H3,(H,23,27). The normalized spacial score (nSPS) is 24.9. The number of anilines is 1. The SMILES string of the molecule is CN(C)S(=O)(=O)c1ccc(N2CCCC2)c(C(=O)NCC2(N3CCOCC3)CCSC2)c1. The number of benzene rings is 1. The molecule has 1 unspecified atom stereocenters. The zero-order valence-corrected chi connectivity index (χ0v) is 20.6. The lowest BCUT2D eigenvalue weighted by Gasteiger charge is -2.43. The number of nitrogens with one attached hydrogen (secondary N) is 1. The van der Waals surface area contributed by atoms with Crippen LogP contribution in [0.1, 0.15) is 29.6 Å². The number of ether oxygens (including phenoxy) is 1. The minimum Gasteiger partial charge on any atom is -0.379 e. The quantitative estimate of drug-likeness (QED) is 0.630. The summed E-state index contributed by atoms with van der Waals surface area (Å²) in [6.07, 6.45) is 3.19. The maximum Gasteiger partial charge on any atom is 0.253 e. The van der Waals surface area contributed by atoms with Gasteiger partial charge in [-0.15, -0.1) is 0 Å². The second-order valence-electron chi connectivity index (χ2n) is 8.97. The largest absolute Gasteiger partial charge is 0.379 e. The van der Waals surface area contributed by atoms with Gasteiger partial charge in [-0.1, -0.05) is 0 Å². The van der Waals surface area contributed by atoms with E-state index in [1.165, 1.54) is 18.4 Å². The molecule has 1 amide bonds. The monoisotopic (exact) mass is 482 g/mol. The van der Waals surface area contributed by atoms with Crippen LogP contribution < -0.4 is 10.2 Å². The third-order valence-electron chi connectivity index (χ3n) is 6.78. The Kier molecular flexibility index (Phi) is 7.36. The lowest BCUT2D eigenvalue weighted by atomic mass is 9.95. The van der Waals surface area contributed by atoms with E-state index in [4.69, 9.17) is 4.74 Å². The molecule has 10 heteroatoms. The average molecular weight is 483 g/mol. The molecule has 0 aromatic heterocycles. The van der Waals surface area contributed by atoms with E-state index in [0.29, 0.717) is 12.1 Å². The van der Waals surface area contributed by atoms with Crippen LogP contribution in [0.25, 0.3) is 0 Å². The number of amides is 1. The average Bonchev–Trinajstić information content (AvgIpc) is 3.50. The molecule has 3 aliphatic rings. The molecular formula is C22H34N4O4S2. The summed E-state index contributed by atoms with van der Waals surface area (Å²) in [5.41, 5.74) is 1.20. The van der Waals surface area contributed by atoms with Crippen molar-refractivity contribution < 1.29 is 17.9 Å². The molecule has 1 atom stereocenters. The van der Waals surface area contributed by atoms with Gasteiger partial charge in [0.05, 0.1) is 23.7 Å². The molecular weight excluding hydrogens is 448 g/mol. The fourth-order valence-corrected chi connectivity index (χ4v) is 7.18. The fraction of sp³-hybridized carbons (Fsp3) is 0.682. The zero-order chi connectivity index (χ0) is 22.8. The number of carbonyl (C=O) groups is 1. The Bertz CT molecular complexity index is 920. The predicted molar refractivity (Wildman–Crippen MR) is 128 cm³/mol. The molecule has 1 aromatic rings. The van der Waals surface area contributed by atoms with Gasteiger partial charge in [0, 0.05) is 63.8 Å². The van der Waals surface area contributed by atoms with Crippen molar-refractivity contribution >= 4 is 33.4 Å². The second kappa shape index (κ2) is 9.89. The highest BCUT2D eigenvalue weighted by Crippen LogP contribution is 2.34. The van der Waals surface area contributed by atoms with Crippen LogP contribution in [0.2, 0.25) is 0 Å². The van der Waals surface area contributed by atoms with Crippen molar-refractivity contribution in [2.24, 2.45) is 0 Å². The van der Waals surface area contributed by atoms with E-state index in [1.807, 2.05) is 11.8 Å². The van der Waals surface area contributed by atoms with Crippen LogP contribution >= 0.6 is 11.8 Å². The number of hydrogen-bond donors (Lipinski definition) is 1. The van der Waals surface area contributed by atoms with Gasteiger partial charge in [-0.05, 0) is 43.2 Å². The van der Waals surface area contributed by atoms with E-state index >= 15 is 0 Å². The molecule has 3 heterocycles. The van der Waals surface area contributed by atoms with Crippen LogP contribution in [0.3, 0.4) is 0 Å². The molecule has 1 aromatic carbocycles. The first-order valence-corrected chi connectivity index (χ1v) is 13.9. The molecule has 0 spiro atoms. The topological polar surface area (TPSA) is 82.2 Å². The number of sulfonamides is 1. The first-order valence-electron chi connectivity index (χ1n) is 11.3. The molecule has 4 rings (SSSR count). The maximum atomic E-state index is 13.5.